The predicted octanol–water partition coefficient (Wildman–Crippen LogP) is 4.28. The molecule has 2 aromatic heterocycles. The van der Waals surface area contributed by atoms with Crippen molar-refractivity contribution in [1.29, 1.82) is 0 Å². The zero-order valence-electron chi connectivity index (χ0n) is 17.6. The summed E-state index contributed by atoms with van der Waals surface area (Å²) in [4.78, 5) is 19.1. The summed E-state index contributed by atoms with van der Waals surface area (Å²) in [5, 5.41) is 8.19. The number of hydrogen-bond donors (Lipinski definition) is 1. The first kappa shape index (κ1) is 21.7. The van der Waals surface area contributed by atoms with Gasteiger partial charge in [0.25, 0.3) is 0 Å². The fourth-order valence-electron chi connectivity index (χ4n) is 3.80. The number of hydrogen-bond acceptors (Lipinski definition) is 5. The summed E-state index contributed by atoms with van der Waals surface area (Å²) in [7, 11) is 1.94. The molecule has 1 fully saturated rings. The van der Waals surface area contributed by atoms with Gasteiger partial charge in [-0.15, -0.1) is 0 Å². The second-order valence-electron chi connectivity index (χ2n) is 7.94. The van der Waals surface area contributed by atoms with E-state index in [2.05, 4.69) is 46.4 Å². The molecule has 7 nitrogen and oxygen atoms in total. The smallest absolute Gasteiger partial charge is 0.229 e. The van der Waals surface area contributed by atoms with Gasteiger partial charge in [0.05, 0.1) is 17.6 Å². The highest BCUT2D eigenvalue weighted by Crippen LogP contribution is 2.21. The lowest BCUT2D eigenvalue weighted by Gasteiger charge is -2.31. The van der Waals surface area contributed by atoms with Gasteiger partial charge in [-0.3, -0.25) is 9.69 Å². The van der Waals surface area contributed by atoms with Crippen molar-refractivity contribution in [1.82, 2.24) is 24.2 Å². The summed E-state index contributed by atoms with van der Waals surface area (Å²) in [6.07, 6.45) is 3.31. The summed E-state index contributed by atoms with van der Waals surface area (Å²) in [5.41, 5.74) is 2.24. The molecule has 4 rings (SSSR count). The Balaban J connectivity index is 1.44. The molecule has 0 radical (unpaired) electrons. The molecule has 3 aromatic rings. The number of carbonyl (C=O) groups is 1. The van der Waals surface area contributed by atoms with Crippen molar-refractivity contribution >= 4 is 35.5 Å². The van der Waals surface area contributed by atoms with Crippen LogP contribution in [0.25, 0.3) is 11.4 Å². The molecule has 0 spiro atoms. The summed E-state index contributed by atoms with van der Waals surface area (Å²) >= 11 is 11.5. The molecule has 162 valence electrons. The number of aryl methyl sites for hydroxylation is 1. The first-order valence-electron chi connectivity index (χ1n) is 10.3. The highest BCUT2D eigenvalue weighted by Gasteiger charge is 2.27. The number of anilines is 1. The molecule has 1 aliphatic heterocycles. The number of amides is 1. The van der Waals surface area contributed by atoms with Crippen LogP contribution in [0.15, 0.2) is 42.6 Å². The van der Waals surface area contributed by atoms with Crippen molar-refractivity contribution in [3.8, 4) is 11.4 Å². The number of pyridine rings is 1. The van der Waals surface area contributed by atoms with Gasteiger partial charge in [0.2, 0.25) is 5.91 Å². The molecule has 9 heteroatoms. The van der Waals surface area contributed by atoms with Crippen LogP contribution in [0.4, 0.5) is 5.82 Å². The Morgan fingerprint density at radius 1 is 1.26 bits per heavy atom. The number of piperidine rings is 1. The maximum atomic E-state index is 12.7. The van der Waals surface area contributed by atoms with Crippen LogP contribution in [0.1, 0.15) is 18.4 Å². The molecule has 0 saturated carbocycles. The Morgan fingerprint density at radius 3 is 2.74 bits per heavy atom. The van der Waals surface area contributed by atoms with Crippen molar-refractivity contribution in [2.24, 2.45) is 13.0 Å². The van der Waals surface area contributed by atoms with Crippen molar-refractivity contribution in [2.75, 3.05) is 18.4 Å². The average molecular weight is 457 g/mol. The Labute approximate surface area is 191 Å². The largest absolute Gasteiger partial charge is 0.310 e. The fourth-order valence-corrected chi connectivity index (χ4v) is 4.10. The van der Waals surface area contributed by atoms with Crippen LogP contribution in [0.5, 0.6) is 0 Å². The molecule has 1 amide bonds. The van der Waals surface area contributed by atoms with Gasteiger partial charge in [0, 0.05) is 25.4 Å². The third-order valence-corrected chi connectivity index (χ3v) is 6.25. The summed E-state index contributed by atoms with van der Waals surface area (Å²) in [6.45, 7) is 4.17. The van der Waals surface area contributed by atoms with Crippen LogP contribution >= 0.6 is 23.8 Å². The van der Waals surface area contributed by atoms with E-state index in [1.54, 1.807) is 12.1 Å². The minimum Gasteiger partial charge on any atom is -0.310 e. The van der Waals surface area contributed by atoms with Crippen molar-refractivity contribution < 1.29 is 4.79 Å². The standard InChI is InChI=1S/C22H25ClN6OS/c1-15-5-7-16(8-6-15)20-26-29(22(31)27(20)2)14-28-11-3-4-17(13-28)21(30)25-19-10-9-18(23)12-24-19/h5-10,12,17H,3-4,11,13-14H2,1-2H3,(H,24,25,30). The van der Waals surface area contributed by atoms with E-state index in [4.69, 9.17) is 28.9 Å². The highest BCUT2D eigenvalue weighted by atomic mass is 35.5. The van der Waals surface area contributed by atoms with Crippen molar-refractivity contribution in [2.45, 2.75) is 26.4 Å². The molecule has 0 aliphatic carbocycles. The van der Waals surface area contributed by atoms with Crippen LogP contribution < -0.4 is 5.32 Å². The second-order valence-corrected chi connectivity index (χ2v) is 8.74. The first-order chi connectivity index (χ1) is 14.9. The number of aromatic nitrogens is 4. The van der Waals surface area contributed by atoms with Crippen molar-refractivity contribution in [3.05, 3.63) is 58.0 Å². The van der Waals surface area contributed by atoms with Gasteiger partial charge in [-0.25, -0.2) is 9.67 Å². The lowest BCUT2D eigenvalue weighted by atomic mass is 9.97. The van der Waals surface area contributed by atoms with E-state index in [0.29, 0.717) is 28.8 Å². The van der Waals surface area contributed by atoms with Crippen LogP contribution in [0.3, 0.4) is 0 Å². The Hall–Kier alpha value is -2.55. The number of likely N-dealkylation sites (tertiary alicyclic amines) is 1. The van der Waals surface area contributed by atoms with E-state index in [0.717, 1.165) is 30.8 Å². The quantitative estimate of drug-likeness (QED) is 0.580. The Kier molecular flexibility index (Phi) is 6.50. The summed E-state index contributed by atoms with van der Waals surface area (Å²) < 4.78 is 4.43. The van der Waals surface area contributed by atoms with Gasteiger partial charge < -0.3 is 9.88 Å². The molecular weight excluding hydrogens is 432 g/mol. The van der Waals surface area contributed by atoms with E-state index in [1.165, 1.54) is 11.8 Å². The van der Waals surface area contributed by atoms with E-state index in [1.807, 2.05) is 16.3 Å². The molecule has 0 bridgehead atoms. The van der Waals surface area contributed by atoms with Gasteiger partial charge in [-0.2, -0.15) is 5.10 Å². The van der Waals surface area contributed by atoms with Gasteiger partial charge in [0.1, 0.15) is 5.82 Å². The predicted molar refractivity (Wildman–Crippen MR) is 124 cm³/mol. The summed E-state index contributed by atoms with van der Waals surface area (Å²) in [5.74, 6) is 1.22. The van der Waals surface area contributed by atoms with Crippen LogP contribution in [-0.2, 0) is 18.5 Å². The van der Waals surface area contributed by atoms with Gasteiger partial charge in [-0.1, -0.05) is 41.4 Å². The van der Waals surface area contributed by atoms with Gasteiger partial charge in [0.15, 0.2) is 10.6 Å². The molecule has 1 atom stereocenters. The topological polar surface area (TPSA) is 68.0 Å². The molecule has 1 aromatic carbocycles. The zero-order chi connectivity index (χ0) is 22.0. The third kappa shape index (κ3) is 5.03. The number of rotatable bonds is 5. The lowest BCUT2D eigenvalue weighted by Crippen LogP contribution is -2.41. The van der Waals surface area contributed by atoms with Crippen LogP contribution in [0, 0.1) is 17.6 Å². The molecule has 31 heavy (non-hydrogen) atoms. The number of halogens is 1. The third-order valence-electron chi connectivity index (χ3n) is 5.54. The lowest BCUT2D eigenvalue weighted by molar-refractivity contribution is -0.121. The number of nitrogens with zero attached hydrogens (tertiary/aromatic N) is 5. The van der Waals surface area contributed by atoms with Crippen LogP contribution in [-0.4, -0.2) is 43.2 Å². The van der Waals surface area contributed by atoms with E-state index >= 15 is 0 Å². The minimum atomic E-state index is -0.110. The van der Waals surface area contributed by atoms with E-state index < -0.39 is 0 Å². The van der Waals surface area contributed by atoms with Crippen molar-refractivity contribution in [3.63, 3.8) is 0 Å². The molecule has 1 saturated heterocycles. The molecule has 3 heterocycles. The highest BCUT2D eigenvalue weighted by molar-refractivity contribution is 7.71. The second kappa shape index (κ2) is 9.30. The van der Waals surface area contributed by atoms with Gasteiger partial charge >= 0.3 is 0 Å². The molecule has 1 unspecified atom stereocenters. The number of carbonyl (C=O) groups excluding carboxylic acids is 1. The molecule has 1 N–H and O–H groups in total. The number of nitrogens with one attached hydrogen (secondary N) is 1. The zero-order valence-corrected chi connectivity index (χ0v) is 19.2. The monoisotopic (exact) mass is 456 g/mol. The summed E-state index contributed by atoms with van der Waals surface area (Å²) in [6, 6.07) is 11.7. The SMILES string of the molecule is Cc1ccc(-c2nn(CN3CCCC(C(=O)Nc4ccc(Cl)cn4)C3)c(=S)n2C)cc1. The number of benzene rings is 1. The van der Waals surface area contributed by atoms with Gasteiger partial charge in [-0.05, 0) is 50.7 Å². The fraction of sp³-hybridized carbons (Fsp3) is 0.364. The maximum Gasteiger partial charge on any atom is 0.229 e. The van der Waals surface area contributed by atoms with Crippen LogP contribution in [0.2, 0.25) is 5.02 Å². The average Bonchev–Trinajstić information content (AvgIpc) is 3.04. The molecular formula is C22H25ClN6OS. The molecule has 1 aliphatic rings. The Bertz CT molecular complexity index is 1120. The Morgan fingerprint density at radius 2 is 2.03 bits per heavy atom. The van der Waals surface area contributed by atoms with E-state index in [-0.39, 0.29) is 11.8 Å². The normalized spacial score (nSPS) is 16.9. The maximum absolute atomic E-state index is 12.7. The van der Waals surface area contributed by atoms with E-state index in [9.17, 15) is 4.79 Å². The first-order valence-corrected chi connectivity index (χ1v) is 11.0. The minimum absolute atomic E-state index is 0.0236.